The van der Waals surface area contributed by atoms with Crippen LogP contribution in [0.5, 0.6) is 0 Å². The van der Waals surface area contributed by atoms with Gasteiger partial charge in [-0.1, -0.05) is 50.6 Å². The number of carboxylic acids is 3. The zero-order valence-corrected chi connectivity index (χ0v) is 65.7. The van der Waals surface area contributed by atoms with Gasteiger partial charge in [-0.3, -0.25) is 81.5 Å². The van der Waals surface area contributed by atoms with Crippen LogP contribution < -0.4 is 92.1 Å². The molecule has 3 rings (SSSR count). The predicted octanol–water partition coefficient (Wildman–Crippen LogP) is -10.8. The lowest BCUT2D eigenvalue weighted by Gasteiger charge is -2.42. The number of primary amides is 1. The summed E-state index contributed by atoms with van der Waals surface area (Å²) >= 11 is 0. The number of nitrogens with two attached hydrogens (primary N) is 4. The third kappa shape index (κ3) is 35.3. The molecule has 0 bridgehead atoms. The quantitative estimate of drug-likeness (QED) is 0.0269. The summed E-state index contributed by atoms with van der Waals surface area (Å²) < 4.78 is 16.8. The van der Waals surface area contributed by atoms with E-state index >= 15 is 0 Å². The Hall–Kier alpha value is -10.7. The number of amides is 15. The van der Waals surface area contributed by atoms with Gasteiger partial charge in [0.05, 0.1) is 51.5 Å². The number of unbranched alkanes of at least 4 members (excludes halogenated alkanes) is 1. The van der Waals surface area contributed by atoms with Crippen molar-refractivity contribution in [3.63, 3.8) is 0 Å². The summed E-state index contributed by atoms with van der Waals surface area (Å²) in [6.45, 7) is 0.918. The number of likely N-dealkylation sites (tertiary alicyclic amines) is 1. The van der Waals surface area contributed by atoms with Crippen LogP contribution in [0.25, 0.3) is 0 Å². The molecular weight excluding hydrogens is 1550 g/mol. The molecule has 46 nitrogen and oxygen atoms in total. The van der Waals surface area contributed by atoms with Crippen molar-refractivity contribution in [3.8, 4) is 0 Å². The van der Waals surface area contributed by atoms with Crippen LogP contribution in [0.3, 0.4) is 0 Å². The van der Waals surface area contributed by atoms with Gasteiger partial charge in [0, 0.05) is 45.9 Å². The highest BCUT2D eigenvalue weighted by Gasteiger charge is 2.46. The third-order valence-corrected chi connectivity index (χ3v) is 18.9. The van der Waals surface area contributed by atoms with Gasteiger partial charge in [-0.25, -0.2) is 4.79 Å². The summed E-state index contributed by atoms with van der Waals surface area (Å²) in [4.78, 5) is 239. The molecule has 1 aromatic carbocycles. The Morgan fingerprint density at radius 1 is 0.556 bits per heavy atom. The van der Waals surface area contributed by atoms with E-state index in [0.717, 1.165) is 11.8 Å². The maximum atomic E-state index is 14.6. The number of carbonyl (C=O) groups is 18. The highest BCUT2D eigenvalue weighted by molar-refractivity contribution is 5.99. The summed E-state index contributed by atoms with van der Waals surface area (Å²) in [6, 6.07) is -7.26. The number of benzene rings is 1. The van der Waals surface area contributed by atoms with Crippen LogP contribution in [-0.2, 0) is 107 Å². The minimum absolute atomic E-state index is 0.0328. The molecular formula is C71H114N18O28. The average molecular weight is 1670 g/mol. The van der Waals surface area contributed by atoms with Crippen LogP contribution >= 0.6 is 0 Å². The van der Waals surface area contributed by atoms with Crippen molar-refractivity contribution >= 4 is 107 Å². The number of methoxy groups -OCH3 is 1. The molecule has 2 saturated heterocycles. The van der Waals surface area contributed by atoms with Crippen molar-refractivity contribution in [2.45, 2.75) is 227 Å². The van der Waals surface area contributed by atoms with Gasteiger partial charge in [0.25, 0.3) is 0 Å². The van der Waals surface area contributed by atoms with Crippen molar-refractivity contribution in [3.05, 3.63) is 35.9 Å². The minimum atomic E-state index is -1.85. The number of rotatable bonds is 54. The van der Waals surface area contributed by atoms with E-state index in [-0.39, 0.29) is 64.1 Å². The topological polar surface area (TPSA) is 740 Å². The largest absolute Gasteiger partial charge is 0.481 e. The molecule has 2 aliphatic rings. The van der Waals surface area contributed by atoms with Crippen molar-refractivity contribution < 1.29 is 136 Å². The molecule has 1 unspecified atom stereocenters. The van der Waals surface area contributed by atoms with E-state index in [1.54, 1.807) is 44.2 Å². The summed E-state index contributed by atoms with van der Waals surface area (Å²) in [7, 11) is 1.20. The van der Waals surface area contributed by atoms with E-state index in [2.05, 4.69) is 63.8 Å². The van der Waals surface area contributed by atoms with Crippen LogP contribution in [0.4, 0.5) is 0 Å². The standard InChI is InChI=1S/C71H114N18O28/c1-6-35(2)56(87-49(93)29-74)69(112)80-36(3)61(104)76-30-52(96)83-45(27-38-13-8-7-9-14-38)67(110)85-41(18-17-39(28-73)116-71-59(103)58(102)60(115-5)47(34-90)117-71)63(106)78-32-50(94)81-43(20-23-54(98)99)65(108)84-42(19-22-48(75)92)64(107)79-33-53(97)89-26-12-16-46(89)68(111)86-40(15-10-11-25-72)62(105)77-31-51(95)82-44(21-24-55(100)101)66(109)88-57(37(4)91)70(113)114/h7-9,13-14,35-37,39-47,56-60,71,90-91,102-103H,6,10-12,15-34,72-74H2,1-5H3,(H2,75,92)(H,76,104)(H,77,105)(H,78,106)(H,79,107)(H,80,112)(H,81,94)(H,82,95)(H,83,96)(H,84,108)(H,85,110)(H,86,111)(H,87,93)(H,88,109)(H,98,99)(H,100,101)(H,113,114)/t35-,36-,37+,39?,40-,41-,42-,43-,44-,45-,46-,47+,56-,57-,58+,59+,60-,71+/m0/s1. The second-order valence-electron chi connectivity index (χ2n) is 27.9. The second kappa shape index (κ2) is 52.1. The van der Waals surface area contributed by atoms with Crippen LogP contribution in [0.15, 0.2) is 30.3 Å². The number of aliphatic hydroxyl groups is 4. The summed E-state index contributed by atoms with van der Waals surface area (Å²) in [5, 5.41) is 101. The summed E-state index contributed by atoms with van der Waals surface area (Å²) in [6.07, 6.45) is -13.9. The Labute approximate surface area is 672 Å². The first-order chi connectivity index (χ1) is 55.3. The maximum absolute atomic E-state index is 14.6. The monoisotopic (exact) mass is 1670 g/mol. The van der Waals surface area contributed by atoms with Crippen molar-refractivity contribution in [1.82, 2.24) is 74.0 Å². The van der Waals surface area contributed by atoms with Crippen molar-refractivity contribution in [2.75, 3.05) is 66.1 Å². The predicted molar refractivity (Wildman–Crippen MR) is 405 cm³/mol. The number of carboxylic acid groups (broad SMARTS) is 3. The first kappa shape index (κ1) is 100. The Balaban J connectivity index is 1.86. The van der Waals surface area contributed by atoms with E-state index in [0.29, 0.717) is 18.4 Å². The molecule has 117 heavy (non-hydrogen) atoms. The van der Waals surface area contributed by atoms with Gasteiger partial charge >= 0.3 is 17.9 Å². The molecule has 15 amide bonds. The Morgan fingerprint density at radius 3 is 1.56 bits per heavy atom. The van der Waals surface area contributed by atoms with Crippen LogP contribution in [-0.4, -0.2) is 317 Å². The lowest BCUT2D eigenvalue weighted by molar-refractivity contribution is -0.313. The highest BCUT2D eigenvalue weighted by Crippen LogP contribution is 2.26. The van der Waals surface area contributed by atoms with Gasteiger partial charge in [0.1, 0.15) is 78.8 Å². The molecule has 656 valence electrons. The normalized spacial score (nSPS) is 19.4. The summed E-state index contributed by atoms with van der Waals surface area (Å²) in [5.41, 5.74) is 23.1. The number of nitrogens with zero attached hydrogens (tertiary/aromatic N) is 1. The SMILES string of the molecule is CC[C@H](C)[C@H](NC(=O)CN)C(=O)N[C@@H](C)C(=O)NCC(=O)N[C@@H](Cc1ccccc1)C(=O)N[C@@H](CCC(CN)O[C@@H]1O[C@H](CO)[C@H](OC)[C@H](O)[C@H]1O)C(=O)NCC(=O)N[C@@H](CCC(=O)O)C(=O)N[C@@H](CCC(N)=O)C(=O)NCC(=O)N1CCC[C@H]1C(=O)N[C@@H](CCCCN)C(=O)NCC(=O)N[C@@H](CCC(=O)O)C(=O)N[C@H](C(=O)O)[C@@H](C)O. The van der Waals surface area contributed by atoms with Gasteiger partial charge in [0.2, 0.25) is 88.6 Å². The van der Waals surface area contributed by atoms with Crippen LogP contribution in [0.1, 0.15) is 123 Å². The Bertz CT molecular complexity index is 3550. The molecule has 28 N–H and O–H groups in total. The molecule has 46 heteroatoms. The van der Waals surface area contributed by atoms with Gasteiger partial charge in [-0.05, 0) is 96.1 Å². The zero-order valence-electron chi connectivity index (χ0n) is 65.7. The fraction of sp³-hybridized carbons (Fsp3) is 0.662. The van der Waals surface area contributed by atoms with E-state index < -0.39 is 294 Å². The third-order valence-electron chi connectivity index (χ3n) is 18.9. The first-order valence-electron chi connectivity index (χ1n) is 38.0. The molecule has 0 aliphatic carbocycles. The van der Waals surface area contributed by atoms with Crippen LogP contribution in [0, 0.1) is 5.92 Å². The number of aliphatic carboxylic acids is 3. The number of ether oxygens (including phenoxy) is 3. The molecule has 2 fully saturated rings. The maximum Gasteiger partial charge on any atom is 0.328 e. The highest BCUT2D eigenvalue weighted by atomic mass is 16.7. The van der Waals surface area contributed by atoms with Crippen molar-refractivity contribution in [1.29, 1.82) is 0 Å². The summed E-state index contributed by atoms with van der Waals surface area (Å²) in [5.74, 6) is -19.6. The smallest absolute Gasteiger partial charge is 0.328 e. The molecule has 1 aromatic rings. The second-order valence-corrected chi connectivity index (χ2v) is 27.9. The molecule has 2 heterocycles. The molecule has 2 aliphatic heterocycles. The number of hydrogen-bond acceptors (Lipinski definition) is 28. The average Bonchev–Trinajstić information content (AvgIpc) is 1.42. The van der Waals surface area contributed by atoms with E-state index in [1.807, 2.05) is 5.32 Å². The van der Waals surface area contributed by atoms with Gasteiger partial charge in [-0.2, -0.15) is 0 Å². The van der Waals surface area contributed by atoms with Gasteiger partial charge in [0.15, 0.2) is 12.3 Å². The number of aliphatic hydroxyl groups excluding tert-OH is 4. The minimum Gasteiger partial charge on any atom is -0.481 e. The van der Waals surface area contributed by atoms with E-state index in [4.69, 9.17) is 37.1 Å². The fourth-order valence-corrected chi connectivity index (χ4v) is 12.1. The van der Waals surface area contributed by atoms with Crippen LogP contribution in [0.2, 0.25) is 0 Å². The molecule has 0 saturated carbocycles. The van der Waals surface area contributed by atoms with Gasteiger partial charge in [-0.15, -0.1) is 0 Å². The zero-order chi connectivity index (χ0) is 87.8. The molecule has 0 spiro atoms. The lowest BCUT2D eigenvalue weighted by Crippen LogP contribution is -2.60. The first-order valence-corrected chi connectivity index (χ1v) is 38.0. The fourth-order valence-electron chi connectivity index (χ4n) is 12.1. The molecule has 0 aromatic heterocycles. The van der Waals surface area contributed by atoms with Crippen molar-refractivity contribution in [2.24, 2.45) is 28.9 Å². The molecule has 18 atom stereocenters. The lowest BCUT2D eigenvalue weighted by atomic mass is 9.98. The number of nitrogens with one attached hydrogen (secondary N) is 13. The Morgan fingerprint density at radius 2 is 1.06 bits per heavy atom. The number of hydrogen-bond donors (Lipinski definition) is 24. The van der Waals surface area contributed by atoms with Gasteiger partial charge < -0.3 is 147 Å². The van der Waals surface area contributed by atoms with E-state index in [1.165, 1.54) is 14.0 Å². The van der Waals surface area contributed by atoms with E-state index in [9.17, 15) is 122 Å². The number of carbonyl (C=O) groups excluding carboxylic acids is 15. The molecule has 0 radical (unpaired) electrons. The Kier molecular flexibility index (Phi) is 44.7.